The lowest BCUT2D eigenvalue weighted by Gasteiger charge is -2.14. The Balaban J connectivity index is 2.30. The Labute approximate surface area is 113 Å². The highest BCUT2D eigenvalue weighted by molar-refractivity contribution is 7.89. The second kappa shape index (κ2) is 5.52. The average Bonchev–Trinajstić information content (AvgIpc) is 2.39. The molecule has 0 spiro atoms. The molecule has 0 aliphatic heterocycles. The van der Waals surface area contributed by atoms with Crippen LogP contribution in [0, 0.1) is 0 Å². The molecule has 0 radical (unpaired) electrons. The molecule has 0 heterocycles. The van der Waals surface area contributed by atoms with Gasteiger partial charge in [0.05, 0.1) is 4.90 Å². The standard InChI is InChI=1S/C14H16N2O2S/c15-13(11-6-2-1-3-7-11)10-12-8-4-5-9-14(12)19(16,17)18/h1-9,13H,10,15H2,(H2,16,17,18). The normalized spacial score (nSPS) is 13.2. The highest BCUT2D eigenvalue weighted by Crippen LogP contribution is 2.20. The van der Waals surface area contributed by atoms with Gasteiger partial charge in [-0.25, -0.2) is 13.6 Å². The number of nitrogens with two attached hydrogens (primary N) is 2. The van der Waals surface area contributed by atoms with Crippen LogP contribution in [0.1, 0.15) is 17.2 Å². The quantitative estimate of drug-likeness (QED) is 0.888. The molecule has 0 aliphatic carbocycles. The van der Waals surface area contributed by atoms with Crippen LogP contribution in [-0.2, 0) is 16.4 Å². The first-order valence-electron chi connectivity index (χ1n) is 5.90. The first-order chi connectivity index (χ1) is 8.98. The van der Waals surface area contributed by atoms with Gasteiger partial charge in [-0.2, -0.15) is 0 Å². The van der Waals surface area contributed by atoms with Crippen molar-refractivity contribution in [1.29, 1.82) is 0 Å². The third-order valence-electron chi connectivity index (χ3n) is 2.95. The Hall–Kier alpha value is -1.69. The lowest BCUT2D eigenvalue weighted by molar-refractivity contribution is 0.595. The molecule has 4 nitrogen and oxygen atoms in total. The maximum Gasteiger partial charge on any atom is 0.238 e. The van der Waals surface area contributed by atoms with Crippen molar-refractivity contribution in [3.8, 4) is 0 Å². The number of hydrogen-bond donors (Lipinski definition) is 2. The van der Waals surface area contributed by atoms with Crippen molar-refractivity contribution in [2.24, 2.45) is 10.9 Å². The third kappa shape index (κ3) is 3.41. The summed E-state index contributed by atoms with van der Waals surface area (Å²) in [5.74, 6) is 0. The number of benzene rings is 2. The summed E-state index contributed by atoms with van der Waals surface area (Å²) in [6, 6.07) is 16.0. The van der Waals surface area contributed by atoms with E-state index in [4.69, 9.17) is 10.9 Å². The zero-order chi connectivity index (χ0) is 13.9. The van der Waals surface area contributed by atoms with Crippen molar-refractivity contribution in [3.05, 3.63) is 65.7 Å². The summed E-state index contributed by atoms with van der Waals surface area (Å²) in [4.78, 5) is 0.140. The molecular formula is C14H16N2O2S. The van der Waals surface area contributed by atoms with Gasteiger partial charge in [0, 0.05) is 6.04 Å². The predicted octanol–water partition coefficient (Wildman–Crippen LogP) is 1.58. The van der Waals surface area contributed by atoms with Crippen LogP contribution in [0.5, 0.6) is 0 Å². The summed E-state index contributed by atoms with van der Waals surface area (Å²) in [7, 11) is -3.72. The molecule has 1 unspecified atom stereocenters. The van der Waals surface area contributed by atoms with E-state index in [1.54, 1.807) is 18.2 Å². The monoisotopic (exact) mass is 276 g/mol. The highest BCUT2D eigenvalue weighted by atomic mass is 32.2. The van der Waals surface area contributed by atoms with Gasteiger partial charge in [0.1, 0.15) is 0 Å². The summed E-state index contributed by atoms with van der Waals surface area (Å²) < 4.78 is 23.0. The van der Waals surface area contributed by atoms with Gasteiger partial charge in [0.25, 0.3) is 0 Å². The molecule has 100 valence electrons. The molecule has 5 heteroatoms. The molecule has 0 amide bonds. The first kappa shape index (κ1) is 13.7. The lowest BCUT2D eigenvalue weighted by Crippen LogP contribution is -2.18. The minimum Gasteiger partial charge on any atom is -0.324 e. The maximum atomic E-state index is 11.5. The van der Waals surface area contributed by atoms with Crippen LogP contribution in [0.15, 0.2) is 59.5 Å². The van der Waals surface area contributed by atoms with E-state index in [1.807, 2.05) is 30.3 Å². The Kier molecular flexibility index (Phi) is 3.99. The van der Waals surface area contributed by atoms with E-state index in [0.717, 1.165) is 5.56 Å². The Morgan fingerprint density at radius 2 is 1.53 bits per heavy atom. The molecule has 0 aromatic heterocycles. The van der Waals surface area contributed by atoms with E-state index in [9.17, 15) is 8.42 Å². The van der Waals surface area contributed by atoms with Crippen LogP contribution in [0.2, 0.25) is 0 Å². The molecule has 0 bridgehead atoms. The number of hydrogen-bond acceptors (Lipinski definition) is 3. The van der Waals surface area contributed by atoms with E-state index in [0.29, 0.717) is 12.0 Å². The molecule has 2 aromatic rings. The second-order valence-corrected chi connectivity index (χ2v) is 5.90. The van der Waals surface area contributed by atoms with Gasteiger partial charge in [-0.15, -0.1) is 0 Å². The molecule has 4 N–H and O–H groups in total. The molecule has 19 heavy (non-hydrogen) atoms. The Morgan fingerprint density at radius 3 is 2.16 bits per heavy atom. The van der Waals surface area contributed by atoms with Gasteiger partial charge >= 0.3 is 0 Å². The second-order valence-electron chi connectivity index (χ2n) is 4.37. The first-order valence-corrected chi connectivity index (χ1v) is 7.44. The van der Waals surface area contributed by atoms with Crippen LogP contribution < -0.4 is 10.9 Å². The number of rotatable bonds is 4. The van der Waals surface area contributed by atoms with E-state index in [-0.39, 0.29) is 10.9 Å². The fourth-order valence-electron chi connectivity index (χ4n) is 2.01. The SMILES string of the molecule is NC(Cc1ccccc1S(N)(=O)=O)c1ccccc1. The smallest absolute Gasteiger partial charge is 0.238 e. The number of primary sulfonamides is 1. The van der Waals surface area contributed by atoms with Crippen LogP contribution in [-0.4, -0.2) is 8.42 Å². The molecule has 0 aliphatic rings. The van der Waals surface area contributed by atoms with Crippen molar-refractivity contribution in [2.75, 3.05) is 0 Å². The average molecular weight is 276 g/mol. The summed E-state index contributed by atoms with van der Waals surface area (Å²) in [5, 5.41) is 5.20. The van der Waals surface area contributed by atoms with Crippen molar-refractivity contribution in [3.63, 3.8) is 0 Å². The third-order valence-corrected chi connectivity index (χ3v) is 3.96. The zero-order valence-electron chi connectivity index (χ0n) is 10.4. The summed E-state index contributed by atoms with van der Waals surface area (Å²) >= 11 is 0. The van der Waals surface area contributed by atoms with E-state index < -0.39 is 10.0 Å². The largest absolute Gasteiger partial charge is 0.324 e. The minimum absolute atomic E-state index is 0.140. The lowest BCUT2D eigenvalue weighted by atomic mass is 10.00. The molecular weight excluding hydrogens is 260 g/mol. The maximum absolute atomic E-state index is 11.5. The van der Waals surface area contributed by atoms with Gasteiger partial charge in [-0.1, -0.05) is 48.5 Å². The molecule has 1 atom stereocenters. The Bertz CT molecular complexity index is 654. The van der Waals surface area contributed by atoms with E-state index >= 15 is 0 Å². The fraction of sp³-hybridized carbons (Fsp3) is 0.143. The summed E-state index contributed by atoms with van der Waals surface area (Å²) in [5.41, 5.74) is 7.71. The van der Waals surface area contributed by atoms with Crippen LogP contribution in [0.4, 0.5) is 0 Å². The van der Waals surface area contributed by atoms with Crippen molar-refractivity contribution in [2.45, 2.75) is 17.4 Å². The molecule has 2 rings (SSSR count). The van der Waals surface area contributed by atoms with Gasteiger partial charge in [0.2, 0.25) is 10.0 Å². The molecule has 0 saturated carbocycles. The molecule has 0 fully saturated rings. The summed E-state index contributed by atoms with van der Waals surface area (Å²) in [6.45, 7) is 0. The highest BCUT2D eigenvalue weighted by Gasteiger charge is 2.15. The molecule has 2 aromatic carbocycles. The summed E-state index contributed by atoms with van der Waals surface area (Å²) in [6.07, 6.45) is 0.427. The van der Waals surface area contributed by atoms with Gasteiger partial charge in [-0.3, -0.25) is 0 Å². The molecule has 0 saturated heterocycles. The van der Waals surface area contributed by atoms with E-state index in [2.05, 4.69) is 0 Å². The van der Waals surface area contributed by atoms with Crippen molar-refractivity contribution < 1.29 is 8.42 Å². The zero-order valence-corrected chi connectivity index (χ0v) is 11.2. The van der Waals surface area contributed by atoms with Crippen LogP contribution in [0.3, 0.4) is 0 Å². The van der Waals surface area contributed by atoms with E-state index in [1.165, 1.54) is 6.07 Å². The van der Waals surface area contributed by atoms with Gasteiger partial charge in [-0.05, 0) is 23.6 Å². The Morgan fingerprint density at radius 1 is 0.947 bits per heavy atom. The van der Waals surface area contributed by atoms with Gasteiger partial charge < -0.3 is 5.73 Å². The van der Waals surface area contributed by atoms with Crippen LogP contribution in [0.25, 0.3) is 0 Å². The van der Waals surface area contributed by atoms with Crippen LogP contribution >= 0.6 is 0 Å². The minimum atomic E-state index is -3.72. The van der Waals surface area contributed by atoms with Gasteiger partial charge in [0.15, 0.2) is 0 Å². The van der Waals surface area contributed by atoms with Crippen molar-refractivity contribution in [1.82, 2.24) is 0 Å². The fourth-order valence-corrected chi connectivity index (χ4v) is 2.79. The predicted molar refractivity (Wildman–Crippen MR) is 74.9 cm³/mol. The topological polar surface area (TPSA) is 86.2 Å². The number of sulfonamides is 1. The van der Waals surface area contributed by atoms with Crippen molar-refractivity contribution >= 4 is 10.0 Å².